The molecule has 0 spiro atoms. The van der Waals surface area contributed by atoms with Crippen molar-refractivity contribution in [2.75, 3.05) is 0 Å². The topological polar surface area (TPSA) is 9.86 Å². The van der Waals surface area contributed by atoms with Crippen molar-refractivity contribution in [3.63, 3.8) is 0 Å². The highest BCUT2D eigenvalue weighted by Crippen LogP contribution is 2.46. The van der Waals surface area contributed by atoms with Crippen molar-refractivity contribution in [1.29, 1.82) is 0 Å². The molecule has 48 heavy (non-hydrogen) atoms. The Bertz CT molecular complexity index is 2440. The summed E-state index contributed by atoms with van der Waals surface area (Å²) in [5.74, 6) is 0. The van der Waals surface area contributed by atoms with E-state index in [0.29, 0.717) is 0 Å². The largest absolute Gasteiger partial charge is 0.309 e. The van der Waals surface area contributed by atoms with Crippen molar-refractivity contribution in [2.24, 2.45) is 0 Å². The quantitative estimate of drug-likeness (QED) is 0.170. The molecule has 9 aromatic rings. The van der Waals surface area contributed by atoms with E-state index in [0.717, 1.165) is 0 Å². The van der Waals surface area contributed by atoms with Gasteiger partial charge in [0.1, 0.15) is 0 Å². The summed E-state index contributed by atoms with van der Waals surface area (Å²) in [6.07, 6.45) is 0. The highest BCUT2D eigenvalue weighted by Gasteiger charge is 2.28. The molecule has 2 nitrogen and oxygen atoms in total. The van der Waals surface area contributed by atoms with Gasteiger partial charge in [0.15, 0.2) is 0 Å². The molecule has 2 heterocycles. The predicted octanol–water partition coefficient (Wildman–Crippen LogP) is 12.8. The molecule has 7 aromatic carbocycles. The first-order valence-electron chi connectivity index (χ1n) is 17.1. The summed E-state index contributed by atoms with van der Waals surface area (Å²) in [6, 6.07) is 49.6. The molecule has 0 aliphatic carbocycles. The van der Waals surface area contributed by atoms with Gasteiger partial charge >= 0.3 is 0 Å². The smallest absolute Gasteiger partial charge is 0.0541 e. The Balaban J connectivity index is 1.40. The Morgan fingerprint density at radius 2 is 0.604 bits per heavy atom. The van der Waals surface area contributed by atoms with Crippen LogP contribution in [-0.4, -0.2) is 9.13 Å². The van der Waals surface area contributed by atoms with Crippen LogP contribution in [0.5, 0.6) is 0 Å². The van der Waals surface area contributed by atoms with Crippen LogP contribution in [0.4, 0.5) is 0 Å². The number of rotatable bonds is 2. The van der Waals surface area contributed by atoms with Crippen LogP contribution in [0.1, 0.15) is 52.7 Å². The predicted molar refractivity (Wildman–Crippen MR) is 208 cm³/mol. The molecule has 0 bridgehead atoms. The van der Waals surface area contributed by atoms with Gasteiger partial charge in [0.25, 0.3) is 0 Å². The molecule has 0 N–H and O–H groups in total. The molecular weight excluding hydrogens is 581 g/mol. The van der Waals surface area contributed by atoms with E-state index in [-0.39, 0.29) is 10.8 Å². The Hall–Kier alpha value is -5.34. The van der Waals surface area contributed by atoms with Crippen LogP contribution in [0.15, 0.2) is 133 Å². The lowest BCUT2D eigenvalue weighted by Gasteiger charge is -2.31. The first kappa shape index (κ1) is 28.8. The molecule has 0 amide bonds. The van der Waals surface area contributed by atoms with Crippen molar-refractivity contribution >= 4 is 65.2 Å². The standard InChI is InChI=1S/C46H40N2/c1-45(2,3)43-35-25-23-30(48-41-21-13-9-17-33(41)34-18-10-14-22-42(34)48)28-38(35)44(46(4,5)6)36-26-24-29(27-37(36)43)47-39-19-11-7-15-31(39)32-16-8-12-20-40(32)47/h7-28H,1-6H3. The highest BCUT2D eigenvalue weighted by atomic mass is 15.0. The maximum Gasteiger partial charge on any atom is 0.0541 e. The van der Waals surface area contributed by atoms with Crippen LogP contribution in [0.25, 0.3) is 76.5 Å². The van der Waals surface area contributed by atoms with Crippen molar-refractivity contribution in [3.8, 4) is 11.4 Å². The monoisotopic (exact) mass is 620 g/mol. The van der Waals surface area contributed by atoms with Crippen LogP contribution in [-0.2, 0) is 10.8 Å². The van der Waals surface area contributed by atoms with Crippen LogP contribution in [0, 0.1) is 0 Å². The normalized spacial score (nSPS) is 12.8. The SMILES string of the molecule is CC(C)(C)c1c2ccc(-n3c4ccccc4c4ccccc43)cc2c(C(C)(C)C)c2ccc(-n3c4ccccc4c4ccccc43)cc12. The van der Waals surface area contributed by atoms with Crippen molar-refractivity contribution < 1.29 is 0 Å². The minimum atomic E-state index is -0.0826. The Morgan fingerprint density at radius 3 is 0.896 bits per heavy atom. The van der Waals surface area contributed by atoms with Crippen molar-refractivity contribution in [1.82, 2.24) is 9.13 Å². The number of aromatic nitrogens is 2. The molecule has 9 rings (SSSR count). The summed E-state index contributed by atoms with van der Waals surface area (Å²) < 4.78 is 4.89. The number of para-hydroxylation sites is 4. The van der Waals surface area contributed by atoms with Gasteiger partial charge in [0.2, 0.25) is 0 Å². The number of hydrogen-bond donors (Lipinski definition) is 0. The molecule has 2 heteroatoms. The number of benzene rings is 7. The van der Waals surface area contributed by atoms with Crippen LogP contribution >= 0.6 is 0 Å². The van der Waals surface area contributed by atoms with E-state index in [4.69, 9.17) is 0 Å². The van der Waals surface area contributed by atoms with Gasteiger partial charge in [-0.1, -0.05) is 126 Å². The second-order valence-corrected chi connectivity index (χ2v) is 15.4. The summed E-state index contributed by atoms with van der Waals surface area (Å²) in [4.78, 5) is 0. The summed E-state index contributed by atoms with van der Waals surface area (Å²) >= 11 is 0. The number of fused-ring (bicyclic) bond motifs is 8. The Kier molecular flexibility index (Phi) is 6.06. The fraction of sp³-hybridized carbons (Fsp3) is 0.174. The molecule has 0 aliphatic heterocycles. The molecule has 0 fully saturated rings. The molecule has 234 valence electrons. The van der Waals surface area contributed by atoms with E-state index in [2.05, 4.69) is 184 Å². The van der Waals surface area contributed by atoms with Gasteiger partial charge in [-0.15, -0.1) is 0 Å². The molecule has 0 unspecified atom stereocenters. The van der Waals surface area contributed by atoms with E-state index in [1.165, 1.54) is 87.7 Å². The van der Waals surface area contributed by atoms with E-state index < -0.39 is 0 Å². The van der Waals surface area contributed by atoms with Gasteiger partial charge in [-0.05, 0) is 92.0 Å². The molecule has 0 saturated carbocycles. The average molecular weight is 621 g/mol. The fourth-order valence-corrected chi connectivity index (χ4v) is 8.50. The zero-order valence-corrected chi connectivity index (χ0v) is 28.6. The lowest BCUT2D eigenvalue weighted by molar-refractivity contribution is 0.593. The van der Waals surface area contributed by atoms with Crippen LogP contribution in [0.3, 0.4) is 0 Å². The summed E-state index contributed by atoms with van der Waals surface area (Å²) in [5.41, 5.74) is 9.99. The lowest BCUT2D eigenvalue weighted by Crippen LogP contribution is -2.18. The molecule has 0 atom stereocenters. The van der Waals surface area contributed by atoms with Gasteiger partial charge in [-0.25, -0.2) is 0 Å². The minimum absolute atomic E-state index is 0.0826. The van der Waals surface area contributed by atoms with E-state index in [9.17, 15) is 0 Å². The van der Waals surface area contributed by atoms with E-state index in [1.54, 1.807) is 0 Å². The summed E-state index contributed by atoms with van der Waals surface area (Å²) in [5, 5.41) is 10.5. The zero-order chi connectivity index (χ0) is 32.9. The minimum Gasteiger partial charge on any atom is -0.309 e. The van der Waals surface area contributed by atoms with Crippen LogP contribution in [0.2, 0.25) is 0 Å². The second-order valence-electron chi connectivity index (χ2n) is 15.4. The lowest BCUT2D eigenvalue weighted by atomic mass is 9.74. The van der Waals surface area contributed by atoms with Gasteiger partial charge in [-0.3, -0.25) is 0 Å². The van der Waals surface area contributed by atoms with Gasteiger partial charge < -0.3 is 9.13 Å². The fourth-order valence-electron chi connectivity index (χ4n) is 8.50. The van der Waals surface area contributed by atoms with Gasteiger partial charge in [0.05, 0.1) is 22.1 Å². The van der Waals surface area contributed by atoms with E-state index >= 15 is 0 Å². The molecule has 2 aromatic heterocycles. The Morgan fingerprint density at radius 1 is 0.312 bits per heavy atom. The van der Waals surface area contributed by atoms with Crippen molar-refractivity contribution in [3.05, 3.63) is 145 Å². The summed E-state index contributed by atoms with van der Waals surface area (Å²) in [6.45, 7) is 14.2. The van der Waals surface area contributed by atoms with Gasteiger partial charge in [0, 0.05) is 32.9 Å². The molecular formula is C46H40N2. The third-order valence-corrected chi connectivity index (χ3v) is 10.3. The Labute approximate surface area is 281 Å². The zero-order valence-electron chi connectivity index (χ0n) is 28.6. The van der Waals surface area contributed by atoms with E-state index in [1.807, 2.05) is 0 Å². The maximum absolute atomic E-state index is 2.46. The third-order valence-electron chi connectivity index (χ3n) is 10.3. The molecule has 0 radical (unpaired) electrons. The average Bonchev–Trinajstić information content (AvgIpc) is 3.59. The van der Waals surface area contributed by atoms with Crippen LogP contribution < -0.4 is 0 Å². The van der Waals surface area contributed by atoms with Gasteiger partial charge in [-0.2, -0.15) is 0 Å². The molecule has 0 saturated heterocycles. The maximum atomic E-state index is 2.46. The third kappa shape index (κ3) is 4.12. The second kappa shape index (κ2) is 10.1. The number of hydrogen-bond acceptors (Lipinski definition) is 0. The van der Waals surface area contributed by atoms with Crippen molar-refractivity contribution in [2.45, 2.75) is 52.4 Å². The first-order valence-corrected chi connectivity index (χ1v) is 17.1. The first-order chi connectivity index (χ1) is 23.1. The number of nitrogens with zero attached hydrogens (tertiary/aromatic N) is 2. The molecule has 0 aliphatic rings. The summed E-state index contributed by atoms with van der Waals surface area (Å²) in [7, 11) is 0. The highest BCUT2D eigenvalue weighted by molar-refractivity contribution is 6.12.